The predicted molar refractivity (Wildman–Crippen MR) is 149 cm³/mol. The van der Waals surface area contributed by atoms with Crippen molar-refractivity contribution < 1.29 is 18.7 Å². The van der Waals surface area contributed by atoms with E-state index in [0.29, 0.717) is 16.8 Å². The summed E-state index contributed by atoms with van der Waals surface area (Å²) < 4.78 is 30.4. The molecule has 40 heavy (non-hydrogen) atoms. The Hall–Kier alpha value is -4.12. The van der Waals surface area contributed by atoms with Crippen LogP contribution in [0.3, 0.4) is 0 Å². The van der Waals surface area contributed by atoms with Gasteiger partial charge in [0.1, 0.15) is 17.5 Å². The zero-order chi connectivity index (χ0) is 28.9. The maximum atomic E-state index is 14.9. The predicted octanol–water partition coefficient (Wildman–Crippen LogP) is 5.39. The number of benzene rings is 1. The van der Waals surface area contributed by atoms with Crippen LogP contribution in [0.4, 0.5) is 19.4 Å². The molecule has 1 fully saturated rings. The minimum Gasteiger partial charge on any atom is -0.465 e. The van der Waals surface area contributed by atoms with Crippen LogP contribution in [-0.4, -0.2) is 61.3 Å². The number of halogens is 3. The van der Waals surface area contributed by atoms with Crippen molar-refractivity contribution in [2.24, 2.45) is 0 Å². The van der Waals surface area contributed by atoms with Crippen LogP contribution >= 0.6 is 11.6 Å². The molecule has 4 aromatic rings. The number of aryl methyl sites for hydroxylation is 1. The number of fused-ring (bicyclic) bond motifs is 1. The van der Waals surface area contributed by atoms with Gasteiger partial charge in [-0.05, 0) is 55.7 Å². The van der Waals surface area contributed by atoms with E-state index in [2.05, 4.69) is 15.0 Å². The van der Waals surface area contributed by atoms with Crippen molar-refractivity contribution in [3.8, 4) is 16.9 Å². The van der Waals surface area contributed by atoms with Gasteiger partial charge in [-0.25, -0.2) is 27.9 Å². The monoisotopic (exact) mass is 568 g/mol. The van der Waals surface area contributed by atoms with Gasteiger partial charge < -0.3 is 14.9 Å². The molecule has 0 spiro atoms. The average molecular weight is 569 g/mol. The lowest BCUT2D eigenvalue weighted by atomic mass is 10.0. The molecule has 4 heterocycles. The summed E-state index contributed by atoms with van der Waals surface area (Å²) >= 11 is 6.64. The molecule has 1 saturated heterocycles. The largest absolute Gasteiger partial charge is 0.465 e. The second-order valence-corrected chi connectivity index (χ2v) is 10.6. The summed E-state index contributed by atoms with van der Waals surface area (Å²) in [4.78, 5) is 42.2. The number of amides is 1. The number of hydrogen-bond acceptors (Lipinski definition) is 6. The SMILES string of the molecule is Cc1ccnc(C(C)C)c1-n1c(=O)nc(N2CCN(C(=O)O)C[C@@H]2C)c2cc(Cl)c(-c3cc(F)ccc3F)nc21. The normalized spacial score (nSPS) is 15.8. The quantitative estimate of drug-likeness (QED) is 0.352. The Kier molecular flexibility index (Phi) is 7.17. The Morgan fingerprint density at radius 1 is 1.15 bits per heavy atom. The molecule has 1 aliphatic heterocycles. The first-order chi connectivity index (χ1) is 19.0. The van der Waals surface area contributed by atoms with E-state index < -0.39 is 23.4 Å². The van der Waals surface area contributed by atoms with Crippen LogP contribution < -0.4 is 10.6 Å². The molecule has 1 aromatic carbocycles. The van der Waals surface area contributed by atoms with E-state index in [1.807, 2.05) is 32.6 Å². The fraction of sp³-hybridized carbons (Fsp3) is 0.321. The molecular weight excluding hydrogens is 542 g/mol. The number of aromatic nitrogens is 4. The first-order valence-corrected chi connectivity index (χ1v) is 13.1. The zero-order valence-corrected chi connectivity index (χ0v) is 23.1. The van der Waals surface area contributed by atoms with Crippen molar-refractivity contribution in [1.82, 2.24) is 24.4 Å². The van der Waals surface area contributed by atoms with E-state index in [1.165, 1.54) is 9.47 Å². The maximum absolute atomic E-state index is 14.9. The average Bonchev–Trinajstić information content (AvgIpc) is 2.90. The van der Waals surface area contributed by atoms with Crippen molar-refractivity contribution in [3.05, 3.63) is 74.9 Å². The molecule has 208 valence electrons. The first-order valence-electron chi connectivity index (χ1n) is 12.8. The summed E-state index contributed by atoms with van der Waals surface area (Å²) in [6.45, 7) is 8.25. The number of nitrogens with zero attached hydrogens (tertiary/aromatic N) is 6. The lowest BCUT2D eigenvalue weighted by Gasteiger charge is -2.39. The van der Waals surface area contributed by atoms with E-state index in [9.17, 15) is 23.5 Å². The van der Waals surface area contributed by atoms with Crippen molar-refractivity contribution in [2.75, 3.05) is 24.5 Å². The zero-order valence-electron chi connectivity index (χ0n) is 22.3. The number of piperazine rings is 1. The number of hydrogen-bond donors (Lipinski definition) is 1. The number of pyridine rings is 2. The Balaban J connectivity index is 1.85. The molecule has 12 heteroatoms. The summed E-state index contributed by atoms with van der Waals surface area (Å²) in [6, 6.07) is 5.98. The highest BCUT2D eigenvalue weighted by Crippen LogP contribution is 2.36. The third kappa shape index (κ3) is 4.74. The number of anilines is 1. The van der Waals surface area contributed by atoms with Crippen molar-refractivity contribution >= 4 is 34.5 Å². The molecule has 3 aromatic heterocycles. The van der Waals surface area contributed by atoms with E-state index in [-0.39, 0.29) is 59.3 Å². The second-order valence-electron chi connectivity index (χ2n) is 10.2. The van der Waals surface area contributed by atoms with Crippen LogP contribution in [0.25, 0.3) is 28.0 Å². The second kappa shape index (κ2) is 10.5. The van der Waals surface area contributed by atoms with Crippen molar-refractivity contribution in [2.45, 2.75) is 39.7 Å². The first kappa shape index (κ1) is 27.4. The van der Waals surface area contributed by atoms with Gasteiger partial charge in [0.2, 0.25) is 0 Å². The third-order valence-electron chi connectivity index (χ3n) is 7.08. The molecule has 1 atom stereocenters. The van der Waals surface area contributed by atoms with Crippen LogP contribution in [0.15, 0.2) is 41.3 Å². The number of rotatable bonds is 4. The van der Waals surface area contributed by atoms with E-state index >= 15 is 0 Å². The highest BCUT2D eigenvalue weighted by Gasteiger charge is 2.31. The van der Waals surface area contributed by atoms with Crippen LogP contribution in [-0.2, 0) is 0 Å². The number of carboxylic acid groups (broad SMARTS) is 1. The van der Waals surface area contributed by atoms with E-state index in [0.717, 1.165) is 23.8 Å². The Labute approximate surface area is 233 Å². The topological polar surface area (TPSA) is 104 Å². The van der Waals surface area contributed by atoms with Crippen LogP contribution in [0.2, 0.25) is 5.02 Å². The lowest BCUT2D eigenvalue weighted by Crippen LogP contribution is -2.54. The van der Waals surface area contributed by atoms with Crippen LogP contribution in [0.5, 0.6) is 0 Å². The highest BCUT2D eigenvalue weighted by molar-refractivity contribution is 6.33. The van der Waals surface area contributed by atoms with Gasteiger partial charge in [-0.15, -0.1) is 0 Å². The summed E-state index contributed by atoms with van der Waals surface area (Å²) in [7, 11) is 0. The molecule has 1 aliphatic rings. The van der Waals surface area contributed by atoms with Gasteiger partial charge in [0, 0.05) is 37.4 Å². The molecule has 0 bridgehead atoms. The lowest BCUT2D eigenvalue weighted by molar-refractivity contribution is 0.136. The van der Waals surface area contributed by atoms with Crippen molar-refractivity contribution in [1.29, 1.82) is 0 Å². The Morgan fingerprint density at radius 2 is 1.90 bits per heavy atom. The van der Waals surface area contributed by atoms with Gasteiger partial charge in [-0.2, -0.15) is 4.98 Å². The Bertz CT molecular complexity index is 1710. The van der Waals surface area contributed by atoms with Gasteiger partial charge in [0.25, 0.3) is 0 Å². The molecule has 1 N–H and O–H groups in total. The molecule has 0 unspecified atom stereocenters. The minimum absolute atomic E-state index is 0.0344. The molecule has 1 amide bonds. The number of carbonyl (C=O) groups is 1. The molecule has 0 aliphatic carbocycles. The maximum Gasteiger partial charge on any atom is 0.407 e. The van der Waals surface area contributed by atoms with Gasteiger partial charge in [0.15, 0.2) is 5.65 Å². The van der Waals surface area contributed by atoms with E-state index in [1.54, 1.807) is 18.3 Å². The minimum atomic E-state index is -1.03. The van der Waals surface area contributed by atoms with E-state index in [4.69, 9.17) is 11.6 Å². The fourth-order valence-corrected chi connectivity index (χ4v) is 5.38. The molecule has 9 nitrogen and oxygen atoms in total. The smallest absolute Gasteiger partial charge is 0.407 e. The fourth-order valence-electron chi connectivity index (χ4n) is 5.12. The molecule has 5 rings (SSSR count). The summed E-state index contributed by atoms with van der Waals surface area (Å²) in [5.74, 6) is -1.18. The molecular formula is C28H27ClF2N6O3. The van der Waals surface area contributed by atoms with Gasteiger partial charge in [-0.3, -0.25) is 4.98 Å². The van der Waals surface area contributed by atoms with Crippen LogP contribution in [0.1, 0.15) is 37.9 Å². The molecule has 0 saturated carbocycles. The molecule has 0 radical (unpaired) electrons. The van der Waals surface area contributed by atoms with Crippen LogP contribution in [0, 0.1) is 18.6 Å². The third-order valence-corrected chi connectivity index (χ3v) is 7.37. The standard InChI is InChI=1S/C28H27ClF2N6O3/c1-14(2)22-24(15(3)7-8-32-22)37-26-19(12-20(29)23(33-26)18-11-17(30)5-6-21(18)31)25(34-27(37)38)36-10-9-35(28(39)40)13-16(36)4/h5-8,11-12,14,16H,9-10,13H2,1-4H3,(H,39,40)/t16-/m0/s1. The van der Waals surface area contributed by atoms with Gasteiger partial charge in [-0.1, -0.05) is 25.4 Å². The summed E-state index contributed by atoms with van der Waals surface area (Å²) in [5.41, 5.74) is 1.19. The summed E-state index contributed by atoms with van der Waals surface area (Å²) in [6.07, 6.45) is 0.629. The highest BCUT2D eigenvalue weighted by atomic mass is 35.5. The van der Waals surface area contributed by atoms with Gasteiger partial charge in [0.05, 0.1) is 27.5 Å². The van der Waals surface area contributed by atoms with Crippen molar-refractivity contribution in [3.63, 3.8) is 0 Å². The van der Waals surface area contributed by atoms with Gasteiger partial charge >= 0.3 is 11.8 Å². The summed E-state index contributed by atoms with van der Waals surface area (Å²) in [5, 5.41) is 9.89. The Morgan fingerprint density at radius 3 is 2.58 bits per heavy atom.